The molecule has 7 atom stereocenters. The van der Waals surface area contributed by atoms with Crippen molar-refractivity contribution in [1.82, 2.24) is 0 Å². The Morgan fingerprint density at radius 3 is 2.55 bits per heavy atom. The lowest BCUT2D eigenvalue weighted by atomic mass is 9.49. The first-order chi connectivity index (χ1) is 14.7. The molecule has 5 rings (SSSR count). The number of aryl methyl sites for hydroxylation is 1. The van der Waals surface area contributed by atoms with Gasteiger partial charge < -0.3 is 0 Å². The Labute approximate surface area is 186 Å². The van der Waals surface area contributed by atoms with Gasteiger partial charge in [-0.15, -0.1) is 0 Å². The van der Waals surface area contributed by atoms with Crippen LogP contribution >= 0.6 is 0 Å². The summed E-state index contributed by atoms with van der Waals surface area (Å²) in [6.45, 7) is 6.57. The largest absolute Gasteiger partial charge is 0.297 e. The van der Waals surface area contributed by atoms with E-state index in [-0.39, 0.29) is 16.4 Å². The smallest absolute Gasteiger partial charge is 0.295 e. The summed E-state index contributed by atoms with van der Waals surface area (Å²) in [5, 5.41) is 0. The topological polar surface area (TPSA) is 60.4 Å². The van der Waals surface area contributed by atoms with Crippen LogP contribution in [0.15, 0.2) is 40.8 Å². The average molecular weight is 443 g/mol. The predicted molar refractivity (Wildman–Crippen MR) is 120 cm³/mol. The minimum atomic E-state index is -3.76. The molecule has 5 heteroatoms. The fourth-order valence-electron chi connectivity index (χ4n) is 7.61. The molecule has 0 aromatic heterocycles. The zero-order chi connectivity index (χ0) is 22.0. The number of allylic oxidation sites excluding steroid dienone is 1. The van der Waals surface area contributed by atoms with Gasteiger partial charge in [-0.1, -0.05) is 37.1 Å². The molecule has 1 aromatic rings. The van der Waals surface area contributed by atoms with Crippen LogP contribution in [0.1, 0.15) is 64.4 Å². The van der Waals surface area contributed by atoms with E-state index in [4.69, 9.17) is 4.18 Å². The molecule has 0 spiro atoms. The molecule has 4 nitrogen and oxygen atoms in total. The third kappa shape index (κ3) is 3.52. The van der Waals surface area contributed by atoms with E-state index in [0.29, 0.717) is 41.8 Å². The van der Waals surface area contributed by atoms with Gasteiger partial charge in [-0.3, -0.25) is 8.98 Å². The number of hydrogen-bond donors (Lipinski definition) is 0. The molecule has 0 N–H and O–H groups in total. The minimum absolute atomic E-state index is 0.0983. The summed E-state index contributed by atoms with van der Waals surface area (Å²) in [6.07, 6.45) is 8.40. The lowest BCUT2D eigenvalue weighted by Gasteiger charge is -2.55. The first-order valence-corrected chi connectivity index (χ1v) is 13.3. The van der Waals surface area contributed by atoms with Crippen molar-refractivity contribution >= 4 is 15.9 Å². The van der Waals surface area contributed by atoms with Crippen molar-refractivity contribution < 1.29 is 17.4 Å². The van der Waals surface area contributed by atoms with Crippen molar-refractivity contribution in [3.8, 4) is 0 Å². The molecule has 0 radical (unpaired) electrons. The van der Waals surface area contributed by atoms with Crippen molar-refractivity contribution in [2.45, 2.75) is 76.7 Å². The average Bonchev–Trinajstić information content (AvgIpc) is 3.03. The molecule has 1 aromatic carbocycles. The van der Waals surface area contributed by atoms with E-state index >= 15 is 0 Å². The monoisotopic (exact) mass is 442 g/mol. The molecule has 0 bridgehead atoms. The Kier molecular flexibility index (Phi) is 5.21. The molecule has 4 aliphatic rings. The first kappa shape index (κ1) is 21.4. The Hall–Kier alpha value is -1.46. The van der Waals surface area contributed by atoms with Gasteiger partial charge in [-0.2, -0.15) is 8.42 Å². The van der Waals surface area contributed by atoms with Crippen molar-refractivity contribution in [1.29, 1.82) is 0 Å². The van der Waals surface area contributed by atoms with Crippen LogP contribution in [0.4, 0.5) is 0 Å². The Morgan fingerprint density at radius 2 is 1.81 bits per heavy atom. The molecular weight excluding hydrogens is 408 g/mol. The summed E-state index contributed by atoms with van der Waals surface area (Å²) < 4.78 is 32.0. The van der Waals surface area contributed by atoms with Crippen LogP contribution in [0.2, 0.25) is 0 Å². The van der Waals surface area contributed by atoms with Crippen LogP contribution in [0.25, 0.3) is 0 Å². The lowest BCUT2D eigenvalue weighted by Crippen LogP contribution is -2.50. The molecular formula is C26H34O4S. The third-order valence-electron chi connectivity index (χ3n) is 9.11. The molecule has 0 aliphatic heterocycles. The molecule has 0 amide bonds. The summed E-state index contributed by atoms with van der Waals surface area (Å²) >= 11 is 0. The fraction of sp³-hybridized carbons (Fsp3) is 0.654. The van der Waals surface area contributed by atoms with Gasteiger partial charge in [0, 0.05) is 6.42 Å². The maximum atomic E-state index is 13.0. The highest BCUT2D eigenvalue weighted by Crippen LogP contribution is 2.63. The molecule has 31 heavy (non-hydrogen) atoms. The number of carbonyl (C=O) groups excluding carboxylic acids is 1. The van der Waals surface area contributed by atoms with Crippen molar-refractivity contribution in [3.63, 3.8) is 0 Å². The van der Waals surface area contributed by atoms with E-state index in [2.05, 4.69) is 13.8 Å². The number of hydrogen-bond acceptors (Lipinski definition) is 4. The second kappa shape index (κ2) is 7.55. The molecule has 3 saturated carbocycles. The van der Waals surface area contributed by atoms with E-state index in [1.807, 2.05) is 25.1 Å². The highest BCUT2D eigenvalue weighted by Gasteiger charge is 2.59. The highest BCUT2D eigenvalue weighted by molar-refractivity contribution is 7.86. The zero-order valence-electron chi connectivity index (χ0n) is 18.8. The first-order valence-electron chi connectivity index (χ1n) is 11.9. The third-order valence-corrected chi connectivity index (χ3v) is 10.4. The second-order valence-electron chi connectivity index (χ2n) is 10.8. The highest BCUT2D eigenvalue weighted by atomic mass is 32.2. The van der Waals surface area contributed by atoms with Crippen LogP contribution in [-0.2, 0) is 19.1 Å². The number of rotatable bonds is 3. The summed E-state index contributed by atoms with van der Waals surface area (Å²) in [7, 11) is -3.76. The van der Waals surface area contributed by atoms with Crippen LogP contribution in [0.5, 0.6) is 0 Å². The van der Waals surface area contributed by atoms with Gasteiger partial charge in [-0.05, 0) is 98.7 Å². The number of benzene rings is 1. The van der Waals surface area contributed by atoms with Crippen LogP contribution in [-0.4, -0.2) is 20.3 Å². The minimum Gasteiger partial charge on any atom is -0.295 e. The summed E-state index contributed by atoms with van der Waals surface area (Å²) in [5.41, 5.74) is 2.33. The van der Waals surface area contributed by atoms with E-state index in [1.54, 1.807) is 12.1 Å². The molecule has 168 valence electrons. The summed E-state index contributed by atoms with van der Waals surface area (Å²) in [4.78, 5) is 12.2. The zero-order valence-corrected chi connectivity index (χ0v) is 19.7. The van der Waals surface area contributed by atoms with Crippen molar-refractivity contribution in [3.05, 3.63) is 41.5 Å². The van der Waals surface area contributed by atoms with Gasteiger partial charge in [0.2, 0.25) is 0 Å². The van der Waals surface area contributed by atoms with Crippen LogP contribution < -0.4 is 0 Å². The molecule has 4 unspecified atom stereocenters. The number of carbonyl (C=O) groups is 1. The molecule has 3 fully saturated rings. The van der Waals surface area contributed by atoms with E-state index < -0.39 is 10.1 Å². The SMILES string of the molecule is Cc1ccc(S(=O)(=O)O[C@H]2CCC3C4C(CC[C@@]32C)C2CCC(=O)C=C2C[C@H]4C)cc1. The van der Waals surface area contributed by atoms with Gasteiger partial charge in [-0.25, -0.2) is 0 Å². The van der Waals surface area contributed by atoms with Gasteiger partial charge in [0.1, 0.15) is 0 Å². The van der Waals surface area contributed by atoms with Gasteiger partial charge in [0.05, 0.1) is 11.0 Å². The number of ketones is 1. The number of fused-ring (bicyclic) bond motifs is 5. The van der Waals surface area contributed by atoms with E-state index in [0.717, 1.165) is 44.1 Å². The Morgan fingerprint density at radius 1 is 1.06 bits per heavy atom. The van der Waals surface area contributed by atoms with Crippen LogP contribution in [0.3, 0.4) is 0 Å². The predicted octanol–water partition coefficient (Wildman–Crippen LogP) is 5.46. The summed E-state index contributed by atoms with van der Waals surface area (Å²) in [6, 6.07) is 6.95. The normalized spacial score (nSPS) is 40.0. The molecule has 0 saturated heterocycles. The Bertz CT molecular complexity index is 1010. The second-order valence-corrected chi connectivity index (χ2v) is 12.4. The molecule has 0 heterocycles. The fourth-order valence-corrected chi connectivity index (χ4v) is 8.81. The van der Waals surface area contributed by atoms with Crippen LogP contribution in [0, 0.1) is 41.9 Å². The standard InChI is InChI=1S/C26H34O4S/c1-16-4-7-20(8-5-16)31(28,29)30-24-11-10-23-25-17(2)14-18-15-19(27)6-9-21(18)22(25)12-13-26(23,24)3/h4-5,7-8,15,17,21-25H,6,9-14H2,1-3H3/t17-,21?,22?,23?,24+,25?,26+/m1/s1. The molecule has 4 aliphatic carbocycles. The van der Waals surface area contributed by atoms with Crippen molar-refractivity contribution in [2.75, 3.05) is 0 Å². The van der Waals surface area contributed by atoms with Gasteiger partial charge in [0.15, 0.2) is 5.78 Å². The lowest BCUT2D eigenvalue weighted by molar-refractivity contribution is -0.116. The maximum absolute atomic E-state index is 13.0. The van der Waals surface area contributed by atoms with E-state index in [9.17, 15) is 13.2 Å². The van der Waals surface area contributed by atoms with Crippen molar-refractivity contribution in [2.24, 2.45) is 35.0 Å². The quantitative estimate of drug-likeness (QED) is 0.584. The van der Waals surface area contributed by atoms with Gasteiger partial charge >= 0.3 is 0 Å². The van der Waals surface area contributed by atoms with E-state index in [1.165, 1.54) is 5.57 Å². The Balaban J connectivity index is 1.39. The van der Waals surface area contributed by atoms with Gasteiger partial charge in [0.25, 0.3) is 10.1 Å². The maximum Gasteiger partial charge on any atom is 0.297 e. The summed E-state index contributed by atoms with van der Waals surface area (Å²) in [5.74, 6) is 3.13.